The topological polar surface area (TPSA) is 85.2 Å². The average Bonchev–Trinajstić information content (AvgIpc) is 3.35. The van der Waals surface area contributed by atoms with Crippen LogP contribution in [0.1, 0.15) is 22.4 Å². The van der Waals surface area contributed by atoms with Gasteiger partial charge in [-0.2, -0.15) is 16.9 Å². The minimum atomic E-state index is -0.710. The Bertz CT molecular complexity index is 1090. The van der Waals surface area contributed by atoms with Gasteiger partial charge in [0.25, 0.3) is 0 Å². The molecule has 2 N–H and O–H groups in total. The molecule has 2 heterocycles. The number of amides is 2. The summed E-state index contributed by atoms with van der Waals surface area (Å²) < 4.78 is 6.85. The lowest BCUT2D eigenvalue weighted by molar-refractivity contribution is -0.136. The SMILES string of the molecule is COc1ccc(CNC(=O)C(=O)Nc2c3c(nn2-c2ccccc2C)CSC3)cc1. The fourth-order valence-corrected chi connectivity index (χ4v) is 4.32. The first-order valence-corrected chi connectivity index (χ1v) is 10.7. The summed E-state index contributed by atoms with van der Waals surface area (Å²) in [6.45, 7) is 2.24. The number of rotatable bonds is 5. The minimum absolute atomic E-state index is 0.251. The van der Waals surface area contributed by atoms with E-state index in [4.69, 9.17) is 4.74 Å². The van der Waals surface area contributed by atoms with Crippen LogP contribution in [-0.4, -0.2) is 28.7 Å². The normalized spacial score (nSPS) is 12.3. The lowest BCUT2D eigenvalue weighted by atomic mass is 10.2. The first-order valence-electron chi connectivity index (χ1n) is 9.53. The summed E-state index contributed by atoms with van der Waals surface area (Å²) in [6.07, 6.45) is 0. The number of para-hydroxylation sites is 1. The number of hydrogen-bond donors (Lipinski definition) is 2. The van der Waals surface area contributed by atoms with Crippen molar-refractivity contribution in [3.63, 3.8) is 0 Å². The highest BCUT2D eigenvalue weighted by molar-refractivity contribution is 7.98. The van der Waals surface area contributed by atoms with Gasteiger partial charge in [-0.1, -0.05) is 30.3 Å². The van der Waals surface area contributed by atoms with E-state index in [2.05, 4.69) is 15.7 Å². The first-order chi connectivity index (χ1) is 14.6. The molecular formula is C22H22N4O3S. The number of aromatic nitrogens is 2. The van der Waals surface area contributed by atoms with Crippen LogP contribution in [-0.2, 0) is 27.6 Å². The Labute approximate surface area is 178 Å². The molecule has 0 spiro atoms. The number of benzene rings is 2. The molecule has 8 heteroatoms. The van der Waals surface area contributed by atoms with E-state index in [0.29, 0.717) is 5.82 Å². The van der Waals surface area contributed by atoms with Crippen molar-refractivity contribution in [1.82, 2.24) is 15.1 Å². The average molecular weight is 423 g/mol. The highest BCUT2D eigenvalue weighted by atomic mass is 32.2. The molecule has 0 fully saturated rings. The molecule has 3 aromatic rings. The third kappa shape index (κ3) is 4.04. The van der Waals surface area contributed by atoms with Gasteiger partial charge in [0.2, 0.25) is 0 Å². The third-order valence-electron chi connectivity index (χ3n) is 4.95. The van der Waals surface area contributed by atoms with Gasteiger partial charge < -0.3 is 15.4 Å². The van der Waals surface area contributed by atoms with E-state index in [0.717, 1.165) is 45.3 Å². The van der Waals surface area contributed by atoms with Gasteiger partial charge in [-0.25, -0.2) is 4.68 Å². The lowest BCUT2D eigenvalue weighted by Crippen LogP contribution is -2.35. The van der Waals surface area contributed by atoms with Gasteiger partial charge in [-0.05, 0) is 36.2 Å². The molecule has 0 aliphatic carbocycles. The zero-order valence-corrected chi connectivity index (χ0v) is 17.6. The van der Waals surface area contributed by atoms with Crippen LogP contribution in [0.4, 0.5) is 5.82 Å². The van der Waals surface area contributed by atoms with Crippen molar-refractivity contribution >= 4 is 29.4 Å². The third-order valence-corrected chi connectivity index (χ3v) is 5.92. The second kappa shape index (κ2) is 8.62. The highest BCUT2D eigenvalue weighted by Crippen LogP contribution is 2.36. The van der Waals surface area contributed by atoms with Gasteiger partial charge in [0.1, 0.15) is 11.6 Å². The van der Waals surface area contributed by atoms with Gasteiger partial charge in [0.15, 0.2) is 0 Å². The largest absolute Gasteiger partial charge is 0.497 e. The van der Waals surface area contributed by atoms with Crippen LogP contribution in [0.5, 0.6) is 5.75 Å². The summed E-state index contributed by atoms with van der Waals surface area (Å²) in [7, 11) is 1.60. The van der Waals surface area contributed by atoms with Crippen LogP contribution < -0.4 is 15.4 Å². The fraction of sp³-hybridized carbons (Fsp3) is 0.227. The maximum atomic E-state index is 12.6. The summed E-state index contributed by atoms with van der Waals surface area (Å²) in [5, 5.41) is 10.1. The standard InChI is InChI=1S/C22H22N4O3S/c1-14-5-3-4-6-19(14)26-20(17-12-30-13-18(17)25-26)24-22(28)21(27)23-11-15-7-9-16(29-2)10-8-15/h3-10H,11-13H2,1-2H3,(H,23,27)(H,24,28). The number of nitrogens with zero attached hydrogens (tertiary/aromatic N) is 2. The molecule has 7 nitrogen and oxygen atoms in total. The zero-order chi connectivity index (χ0) is 21.1. The Hall–Kier alpha value is -3.26. The van der Waals surface area contributed by atoms with Crippen LogP contribution in [0, 0.1) is 6.92 Å². The zero-order valence-electron chi connectivity index (χ0n) is 16.8. The second-order valence-corrected chi connectivity index (χ2v) is 7.94. The molecule has 4 rings (SSSR count). The van der Waals surface area contributed by atoms with Crippen LogP contribution >= 0.6 is 11.8 Å². The van der Waals surface area contributed by atoms with Crippen molar-refractivity contribution in [2.75, 3.05) is 12.4 Å². The second-order valence-electron chi connectivity index (χ2n) is 6.95. The maximum Gasteiger partial charge on any atom is 0.314 e. The molecule has 0 saturated carbocycles. The number of carbonyl (C=O) groups excluding carboxylic acids is 2. The molecule has 0 saturated heterocycles. The molecule has 0 bridgehead atoms. The van der Waals surface area contributed by atoms with E-state index in [9.17, 15) is 9.59 Å². The van der Waals surface area contributed by atoms with E-state index in [-0.39, 0.29) is 6.54 Å². The molecule has 1 aliphatic rings. The van der Waals surface area contributed by atoms with Crippen molar-refractivity contribution < 1.29 is 14.3 Å². The van der Waals surface area contributed by atoms with Gasteiger partial charge >= 0.3 is 11.8 Å². The number of fused-ring (bicyclic) bond motifs is 1. The summed E-state index contributed by atoms with van der Waals surface area (Å²) in [4.78, 5) is 25.0. The summed E-state index contributed by atoms with van der Waals surface area (Å²) in [5.41, 5.74) is 4.70. The molecular weight excluding hydrogens is 400 g/mol. The summed E-state index contributed by atoms with van der Waals surface area (Å²) in [5.74, 6) is 1.44. The van der Waals surface area contributed by atoms with Gasteiger partial charge in [0, 0.05) is 23.6 Å². The number of carbonyl (C=O) groups is 2. The Kier molecular flexibility index (Phi) is 5.76. The van der Waals surface area contributed by atoms with Gasteiger partial charge in [-0.15, -0.1) is 0 Å². The number of methoxy groups -OCH3 is 1. The monoisotopic (exact) mass is 422 g/mol. The Morgan fingerprint density at radius 2 is 1.87 bits per heavy atom. The van der Waals surface area contributed by atoms with Crippen LogP contribution in [0.25, 0.3) is 5.69 Å². The summed E-state index contributed by atoms with van der Waals surface area (Å²) in [6, 6.07) is 15.1. The Morgan fingerprint density at radius 3 is 2.60 bits per heavy atom. The fourth-order valence-electron chi connectivity index (χ4n) is 3.29. The number of hydrogen-bond acceptors (Lipinski definition) is 5. The van der Waals surface area contributed by atoms with Crippen molar-refractivity contribution in [3.05, 3.63) is 70.9 Å². The number of anilines is 1. The quantitative estimate of drug-likeness (QED) is 0.617. The van der Waals surface area contributed by atoms with Crippen molar-refractivity contribution in [1.29, 1.82) is 0 Å². The highest BCUT2D eigenvalue weighted by Gasteiger charge is 2.26. The van der Waals surface area contributed by atoms with Crippen molar-refractivity contribution in [2.24, 2.45) is 0 Å². The molecule has 0 atom stereocenters. The predicted octanol–water partition coefficient (Wildman–Crippen LogP) is 3.19. The predicted molar refractivity (Wildman–Crippen MR) is 117 cm³/mol. The van der Waals surface area contributed by atoms with Gasteiger partial charge in [-0.3, -0.25) is 9.59 Å². The van der Waals surface area contributed by atoms with E-state index in [1.54, 1.807) is 23.6 Å². The molecule has 1 aliphatic heterocycles. The molecule has 0 unspecified atom stereocenters. The summed E-state index contributed by atoms with van der Waals surface area (Å²) >= 11 is 1.74. The van der Waals surface area contributed by atoms with Crippen molar-refractivity contribution in [2.45, 2.75) is 25.0 Å². The number of aryl methyl sites for hydroxylation is 1. The van der Waals surface area contributed by atoms with E-state index in [1.165, 1.54) is 0 Å². The molecule has 0 radical (unpaired) electrons. The molecule has 154 valence electrons. The number of thioether (sulfide) groups is 1. The molecule has 2 aromatic carbocycles. The Balaban J connectivity index is 1.50. The first kappa shape index (κ1) is 20.0. The van der Waals surface area contributed by atoms with E-state index >= 15 is 0 Å². The molecule has 30 heavy (non-hydrogen) atoms. The minimum Gasteiger partial charge on any atom is -0.497 e. The van der Waals surface area contributed by atoms with E-state index < -0.39 is 11.8 Å². The lowest BCUT2D eigenvalue weighted by Gasteiger charge is -2.13. The Morgan fingerprint density at radius 1 is 1.10 bits per heavy atom. The number of nitrogens with one attached hydrogen (secondary N) is 2. The maximum absolute atomic E-state index is 12.6. The number of ether oxygens (including phenoxy) is 1. The van der Waals surface area contributed by atoms with Crippen LogP contribution in [0.2, 0.25) is 0 Å². The van der Waals surface area contributed by atoms with Crippen LogP contribution in [0.3, 0.4) is 0 Å². The smallest absolute Gasteiger partial charge is 0.314 e. The van der Waals surface area contributed by atoms with Crippen LogP contribution in [0.15, 0.2) is 48.5 Å². The van der Waals surface area contributed by atoms with Crippen molar-refractivity contribution in [3.8, 4) is 11.4 Å². The molecule has 2 amide bonds. The molecule has 1 aromatic heterocycles. The van der Waals surface area contributed by atoms with E-state index in [1.807, 2.05) is 55.5 Å². The van der Waals surface area contributed by atoms with Gasteiger partial charge in [0.05, 0.1) is 18.5 Å².